The third-order valence-electron chi connectivity index (χ3n) is 0.611. The average Bonchev–Trinajstić information content (AvgIpc) is 1.68. The van der Waals surface area contributed by atoms with E-state index in [-0.39, 0.29) is 0 Å². The molecule has 0 aliphatic rings. The molecule has 0 aromatic rings. The van der Waals surface area contributed by atoms with E-state index >= 15 is 0 Å². The lowest BCUT2D eigenvalue weighted by atomic mass is 10.3. The highest BCUT2D eigenvalue weighted by Gasteiger charge is 1.80. The number of rotatable bonds is 2. The molecule has 0 aromatic heterocycles. The van der Waals surface area contributed by atoms with Gasteiger partial charge in [0.25, 0.3) is 0 Å². The highest BCUT2D eigenvalue weighted by Crippen LogP contribution is 1.72. The Morgan fingerprint density at radius 2 is 2.57 bits per heavy atom. The van der Waals surface area contributed by atoms with Crippen LogP contribution in [-0.2, 0) is 0 Å². The van der Waals surface area contributed by atoms with Crippen molar-refractivity contribution in [3.63, 3.8) is 0 Å². The second kappa shape index (κ2) is 3.33. The fourth-order valence-electron chi connectivity index (χ4n) is 0.181. The summed E-state index contributed by atoms with van der Waals surface area (Å²) in [6.07, 6.45) is 2.03. The van der Waals surface area contributed by atoms with E-state index in [1.54, 1.807) is 0 Å². The molecule has 0 heterocycles. The van der Waals surface area contributed by atoms with Crippen molar-refractivity contribution in [2.45, 2.75) is 13.3 Å². The van der Waals surface area contributed by atoms with E-state index in [0.29, 0.717) is 12.1 Å². The molecule has 0 aliphatic heterocycles. The number of hydrogen-bond acceptors (Lipinski definition) is 3. The zero-order valence-electron chi connectivity index (χ0n) is 4.31. The van der Waals surface area contributed by atoms with E-state index < -0.39 is 0 Å². The van der Waals surface area contributed by atoms with E-state index in [9.17, 15) is 0 Å². The first-order valence-corrected chi connectivity index (χ1v) is 2.12. The maximum Gasteiger partial charge on any atom is 0.0673 e. The molecule has 3 heteroatoms. The highest BCUT2D eigenvalue weighted by molar-refractivity contribution is 6.28. The molecule has 0 saturated heterocycles. The molecule has 0 atom stereocenters. The SMILES string of the molecule is CCC(=N)/C=N\N. The van der Waals surface area contributed by atoms with Crippen molar-refractivity contribution in [3.05, 3.63) is 0 Å². The van der Waals surface area contributed by atoms with E-state index in [0.717, 1.165) is 0 Å². The molecular formula is C4H9N3. The summed E-state index contributed by atoms with van der Waals surface area (Å²) in [7, 11) is 0. The van der Waals surface area contributed by atoms with Crippen molar-refractivity contribution >= 4 is 11.9 Å². The molecular weight excluding hydrogens is 90.1 g/mol. The van der Waals surface area contributed by atoms with Crippen molar-refractivity contribution < 1.29 is 0 Å². The quantitative estimate of drug-likeness (QED) is 0.293. The van der Waals surface area contributed by atoms with Crippen LogP contribution >= 0.6 is 0 Å². The Bertz CT molecular complexity index is 84.9. The predicted octanol–water partition coefficient (Wildman–Crippen LogP) is 0.361. The maximum atomic E-state index is 6.91. The van der Waals surface area contributed by atoms with Gasteiger partial charge in [0.1, 0.15) is 0 Å². The summed E-state index contributed by atoms with van der Waals surface area (Å²) < 4.78 is 0. The summed E-state index contributed by atoms with van der Waals surface area (Å²) in [6, 6.07) is 0. The van der Waals surface area contributed by atoms with E-state index in [1.807, 2.05) is 6.92 Å². The molecule has 0 radical (unpaired) electrons. The van der Waals surface area contributed by atoms with Crippen molar-refractivity contribution in [2.24, 2.45) is 10.9 Å². The molecule has 7 heavy (non-hydrogen) atoms. The van der Waals surface area contributed by atoms with Gasteiger partial charge in [-0.2, -0.15) is 5.10 Å². The molecule has 0 amide bonds. The molecule has 0 rings (SSSR count). The van der Waals surface area contributed by atoms with Gasteiger partial charge < -0.3 is 11.3 Å². The second-order valence-corrected chi connectivity index (χ2v) is 1.16. The molecule has 3 nitrogen and oxygen atoms in total. The number of hydrazone groups is 1. The van der Waals surface area contributed by atoms with Crippen molar-refractivity contribution in [2.75, 3.05) is 0 Å². The van der Waals surface area contributed by atoms with Crippen LogP contribution in [0.15, 0.2) is 5.10 Å². The number of nitrogens with two attached hydrogens (primary N) is 1. The van der Waals surface area contributed by atoms with Crippen molar-refractivity contribution in [1.29, 1.82) is 5.41 Å². The zero-order chi connectivity index (χ0) is 5.70. The predicted molar refractivity (Wildman–Crippen MR) is 30.7 cm³/mol. The minimum atomic E-state index is 0.461. The van der Waals surface area contributed by atoms with Crippen LogP contribution in [0.1, 0.15) is 13.3 Å². The van der Waals surface area contributed by atoms with Crippen LogP contribution in [0.2, 0.25) is 0 Å². The van der Waals surface area contributed by atoms with Crippen LogP contribution < -0.4 is 5.84 Å². The lowest BCUT2D eigenvalue weighted by Crippen LogP contribution is -1.96. The lowest BCUT2D eigenvalue weighted by Gasteiger charge is -1.82. The fraction of sp³-hybridized carbons (Fsp3) is 0.500. The molecule has 0 spiro atoms. The monoisotopic (exact) mass is 99.1 g/mol. The molecule has 0 aromatic carbocycles. The van der Waals surface area contributed by atoms with Gasteiger partial charge in [0.05, 0.1) is 11.9 Å². The summed E-state index contributed by atoms with van der Waals surface area (Å²) in [4.78, 5) is 0. The van der Waals surface area contributed by atoms with Gasteiger partial charge in [0, 0.05) is 0 Å². The van der Waals surface area contributed by atoms with Gasteiger partial charge >= 0.3 is 0 Å². The molecule has 0 unspecified atom stereocenters. The summed E-state index contributed by atoms with van der Waals surface area (Å²) in [5.41, 5.74) is 0.461. The molecule has 0 saturated carbocycles. The maximum absolute atomic E-state index is 6.91. The minimum absolute atomic E-state index is 0.461. The fourth-order valence-corrected chi connectivity index (χ4v) is 0.181. The van der Waals surface area contributed by atoms with Crippen LogP contribution in [-0.4, -0.2) is 11.9 Å². The summed E-state index contributed by atoms with van der Waals surface area (Å²) in [5, 5.41) is 10.1. The van der Waals surface area contributed by atoms with Gasteiger partial charge in [-0.3, -0.25) is 0 Å². The smallest absolute Gasteiger partial charge is 0.0673 e. The lowest BCUT2D eigenvalue weighted by molar-refractivity contribution is 1.24. The molecule has 0 aliphatic carbocycles. The Kier molecular flexibility index (Phi) is 2.92. The normalized spacial score (nSPS) is 9.86. The first-order chi connectivity index (χ1) is 3.31. The van der Waals surface area contributed by atoms with E-state index in [1.165, 1.54) is 6.21 Å². The molecule has 40 valence electrons. The Labute approximate surface area is 42.7 Å². The first kappa shape index (κ1) is 6.14. The van der Waals surface area contributed by atoms with Gasteiger partial charge in [0.15, 0.2) is 0 Å². The largest absolute Gasteiger partial charge is 0.323 e. The van der Waals surface area contributed by atoms with E-state index in [4.69, 9.17) is 11.3 Å². The Hall–Kier alpha value is -0.860. The van der Waals surface area contributed by atoms with Crippen molar-refractivity contribution in [3.8, 4) is 0 Å². The third-order valence-corrected chi connectivity index (χ3v) is 0.611. The topological polar surface area (TPSA) is 62.2 Å². The van der Waals surface area contributed by atoms with Crippen LogP contribution in [0.25, 0.3) is 0 Å². The average molecular weight is 99.1 g/mol. The van der Waals surface area contributed by atoms with Crippen LogP contribution in [0.5, 0.6) is 0 Å². The molecule has 0 bridgehead atoms. The third kappa shape index (κ3) is 2.96. The van der Waals surface area contributed by atoms with E-state index in [2.05, 4.69) is 5.10 Å². The van der Waals surface area contributed by atoms with Gasteiger partial charge in [-0.05, 0) is 6.42 Å². The number of hydrogen-bond donors (Lipinski definition) is 2. The molecule has 0 fully saturated rings. The Morgan fingerprint density at radius 1 is 2.00 bits per heavy atom. The molecule has 3 N–H and O–H groups in total. The number of nitrogens with zero attached hydrogens (tertiary/aromatic N) is 1. The van der Waals surface area contributed by atoms with Gasteiger partial charge in [-0.25, -0.2) is 0 Å². The summed E-state index contributed by atoms with van der Waals surface area (Å²) in [6.45, 7) is 1.88. The van der Waals surface area contributed by atoms with Crippen LogP contribution in [0, 0.1) is 5.41 Å². The van der Waals surface area contributed by atoms with Gasteiger partial charge in [-0.1, -0.05) is 6.92 Å². The second-order valence-electron chi connectivity index (χ2n) is 1.16. The minimum Gasteiger partial charge on any atom is -0.323 e. The highest BCUT2D eigenvalue weighted by atomic mass is 15.1. The Balaban J connectivity index is 3.37. The van der Waals surface area contributed by atoms with Gasteiger partial charge in [0.2, 0.25) is 0 Å². The van der Waals surface area contributed by atoms with Crippen LogP contribution in [0.3, 0.4) is 0 Å². The summed E-state index contributed by atoms with van der Waals surface area (Å²) in [5.74, 6) is 4.73. The number of nitrogens with one attached hydrogen (secondary N) is 1. The van der Waals surface area contributed by atoms with Gasteiger partial charge in [-0.15, -0.1) is 0 Å². The van der Waals surface area contributed by atoms with Crippen LogP contribution in [0.4, 0.5) is 0 Å². The summed E-state index contributed by atoms with van der Waals surface area (Å²) >= 11 is 0. The zero-order valence-corrected chi connectivity index (χ0v) is 4.31. The first-order valence-electron chi connectivity index (χ1n) is 2.12. The Morgan fingerprint density at radius 3 is 2.71 bits per heavy atom. The van der Waals surface area contributed by atoms with Crippen molar-refractivity contribution in [1.82, 2.24) is 0 Å². The standard InChI is InChI=1S/C4H9N3/c1-2-4(5)3-7-6/h3,5H,2,6H2,1H3/b5-4?,7-3-.